The molecule has 106 valence electrons. The second-order valence-electron chi connectivity index (χ2n) is 4.52. The molecule has 0 bridgehead atoms. The number of halogens is 2. The molecule has 0 radical (unpaired) electrons. The van der Waals surface area contributed by atoms with E-state index < -0.39 is 10.0 Å². The van der Waals surface area contributed by atoms with Crippen LogP contribution in [0.4, 0.5) is 0 Å². The van der Waals surface area contributed by atoms with Gasteiger partial charge >= 0.3 is 0 Å². The summed E-state index contributed by atoms with van der Waals surface area (Å²) in [6.45, 7) is 0.337. The van der Waals surface area contributed by atoms with E-state index in [9.17, 15) is 13.5 Å². The maximum absolute atomic E-state index is 12.7. The van der Waals surface area contributed by atoms with Crippen molar-refractivity contribution in [1.29, 1.82) is 0 Å². The number of aliphatic hydroxyl groups excluding tert-OH is 1. The molecule has 1 saturated heterocycles. The van der Waals surface area contributed by atoms with E-state index in [0.717, 1.165) is 17.3 Å². The summed E-state index contributed by atoms with van der Waals surface area (Å²) in [5, 5.41) is 9.36. The lowest BCUT2D eigenvalue weighted by Crippen LogP contribution is -2.45. The van der Waals surface area contributed by atoms with Crippen molar-refractivity contribution >= 4 is 41.9 Å². The van der Waals surface area contributed by atoms with Crippen LogP contribution < -0.4 is 0 Å². The summed E-state index contributed by atoms with van der Waals surface area (Å²) in [5.41, 5.74) is 0. The molecule has 19 heavy (non-hydrogen) atoms. The predicted molar refractivity (Wildman–Crippen MR) is 80.5 cm³/mol. The van der Waals surface area contributed by atoms with Crippen LogP contribution in [0.1, 0.15) is 19.3 Å². The summed E-state index contributed by atoms with van der Waals surface area (Å²) in [6.07, 6.45) is 2.51. The van der Waals surface area contributed by atoms with E-state index in [1.807, 2.05) is 0 Å². The highest BCUT2D eigenvalue weighted by molar-refractivity contribution is 9.11. The molecule has 0 aromatic heterocycles. The van der Waals surface area contributed by atoms with Gasteiger partial charge in [-0.1, -0.05) is 22.4 Å². The Kier molecular flexibility index (Phi) is 5.05. The van der Waals surface area contributed by atoms with Crippen molar-refractivity contribution in [3.63, 3.8) is 0 Å². The molecule has 1 N–H and O–H groups in total. The number of nitrogens with zero attached hydrogens (tertiary/aromatic N) is 1. The summed E-state index contributed by atoms with van der Waals surface area (Å²) < 4.78 is 28.1. The molecule has 0 amide bonds. The van der Waals surface area contributed by atoms with Gasteiger partial charge in [0.25, 0.3) is 0 Å². The topological polar surface area (TPSA) is 57.6 Å². The molecule has 0 spiro atoms. The fourth-order valence-electron chi connectivity index (χ4n) is 2.28. The largest absolute Gasteiger partial charge is 0.395 e. The number of piperidine rings is 1. The smallest absolute Gasteiger partial charge is 0.244 e. The van der Waals surface area contributed by atoms with E-state index in [2.05, 4.69) is 31.9 Å². The van der Waals surface area contributed by atoms with E-state index in [-0.39, 0.29) is 17.5 Å². The predicted octanol–water partition coefficient (Wildman–Crippen LogP) is 2.75. The van der Waals surface area contributed by atoms with Crippen LogP contribution in [-0.4, -0.2) is 37.0 Å². The Morgan fingerprint density at radius 3 is 2.68 bits per heavy atom. The molecular formula is C12H15Br2NO3S. The highest BCUT2D eigenvalue weighted by Gasteiger charge is 2.34. The molecule has 1 aliphatic heterocycles. The highest BCUT2D eigenvalue weighted by Crippen LogP contribution is 2.31. The molecular weight excluding hydrogens is 398 g/mol. The third-order valence-electron chi connectivity index (χ3n) is 3.26. The van der Waals surface area contributed by atoms with Crippen molar-refractivity contribution in [2.75, 3.05) is 13.2 Å². The standard InChI is InChI=1S/C12H15Br2NO3S/c13-9-4-5-12(11(14)7-9)19(17,18)15-6-2-1-3-10(15)8-16/h4-5,7,10,16H,1-3,6,8H2. The first-order valence-corrected chi connectivity index (χ1v) is 9.07. The molecule has 1 atom stereocenters. The van der Waals surface area contributed by atoms with E-state index >= 15 is 0 Å². The van der Waals surface area contributed by atoms with Crippen LogP contribution >= 0.6 is 31.9 Å². The SMILES string of the molecule is O=S(=O)(c1ccc(Br)cc1Br)N1CCCCC1CO. The van der Waals surface area contributed by atoms with Crippen molar-refractivity contribution < 1.29 is 13.5 Å². The van der Waals surface area contributed by atoms with Crippen LogP contribution in [0.15, 0.2) is 32.0 Å². The minimum Gasteiger partial charge on any atom is -0.395 e. The van der Waals surface area contributed by atoms with Crippen molar-refractivity contribution in [2.24, 2.45) is 0 Å². The average molecular weight is 413 g/mol. The fourth-order valence-corrected chi connectivity index (χ4v) is 5.68. The molecule has 2 rings (SSSR count). The molecule has 1 unspecified atom stereocenters. The maximum atomic E-state index is 12.7. The molecule has 1 aromatic rings. The summed E-state index contributed by atoms with van der Waals surface area (Å²) >= 11 is 6.60. The summed E-state index contributed by atoms with van der Waals surface area (Å²) in [7, 11) is -3.57. The molecule has 0 saturated carbocycles. The second kappa shape index (κ2) is 6.22. The van der Waals surface area contributed by atoms with Crippen LogP contribution in [0.2, 0.25) is 0 Å². The molecule has 1 fully saturated rings. The van der Waals surface area contributed by atoms with Gasteiger partial charge in [-0.25, -0.2) is 8.42 Å². The third-order valence-corrected chi connectivity index (χ3v) is 6.69. The Bertz CT molecular complexity index is 562. The Hall–Kier alpha value is 0.0500. The van der Waals surface area contributed by atoms with Gasteiger partial charge in [0.15, 0.2) is 0 Å². The van der Waals surface area contributed by atoms with Gasteiger partial charge in [0.05, 0.1) is 11.5 Å². The quantitative estimate of drug-likeness (QED) is 0.830. The van der Waals surface area contributed by atoms with E-state index in [0.29, 0.717) is 17.4 Å². The molecule has 7 heteroatoms. The van der Waals surface area contributed by atoms with Gasteiger partial charge in [-0.15, -0.1) is 0 Å². The van der Waals surface area contributed by atoms with Crippen LogP contribution in [-0.2, 0) is 10.0 Å². The van der Waals surface area contributed by atoms with Crippen LogP contribution in [0.3, 0.4) is 0 Å². The first kappa shape index (κ1) is 15.4. The van der Waals surface area contributed by atoms with Gasteiger partial charge in [-0.3, -0.25) is 0 Å². The lowest BCUT2D eigenvalue weighted by atomic mass is 10.1. The number of rotatable bonds is 3. The monoisotopic (exact) mass is 411 g/mol. The minimum absolute atomic E-state index is 0.132. The van der Waals surface area contributed by atoms with Crippen LogP contribution in [0.5, 0.6) is 0 Å². The Morgan fingerprint density at radius 1 is 1.32 bits per heavy atom. The first-order chi connectivity index (χ1) is 8.96. The van der Waals surface area contributed by atoms with Crippen molar-refractivity contribution in [3.8, 4) is 0 Å². The normalized spacial score (nSPS) is 21.5. The van der Waals surface area contributed by atoms with Crippen molar-refractivity contribution in [3.05, 3.63) is 27.1 Å². The Balaban J connectivity index is 2.40. The van der Waals surface area contributed by atoms with Gasteiger partial charge < -0.3 is 5.11 Å². The third kappa shape index (κ3) is 3.21. The molecule has 4 nitrogen and oxygen atoms in total. The summed E-state index contributed by atoms with van der Waals surface area (Å²) in [6, 6.07) is 4.68. The number of sulfonamides is 1. The number of benzene rings is 1. The second-order valence-corrected chi connectivity index (χ2v) is 8.15. The molecule has 1 aromatic carbocycles. The van der Waals surface area contributed by atoms with Gasteiger partial charge in [0, 0.05) is 21.5 Å². The first-order valence-electron chi connectivity index (χ1n) is 6.04. The summed E-state index contributed by atoms with van der Waals surface area (Å²) in [5.74, 6) is 0. The van der Waals surface area contributed by atoms with Gasteiger partial charge in [-0.05, 0) is 47.0 Å². The zero-order valence-corrected chi connectivity index (χ0v) is 14.2. The van der Waals surface area contributed by atoms with Crippen molar-refractivity contribution in [1.82, 2.24) is 4.31 Å². The van der Waals surface area contributed by atoms with Gasteiger partial charge in [0.2, 0.25) is 10.0 Å². The average Bonchev–Trinajstić information content (AvgIpc) is 2.38. The van der Waals surface area contributed by atoms with Crippen molar-refractivity contribution in [2.45, 2.75) is 30.2 Å². The zero-order chi connectivity index (χ0) is 14.0. The zero-order valence-electron chi connectivity index (χ0n) is 10.2. The van der Waals surface area contributed by atoms with E-state index in [4.69, 9.17) is 0 Å². The number of hydrogen-bond donors (Lipinski definition) is 1. The number of aliphatic hydroxyl groups is 1. The van der Waals surface area contributed by atoms with E-state index in [1.165, 1.54) is 4.31 Å². The number of hydrogen-bond acceptors (Lipinski definition) is 3. The molecule has 0 aliphatic carbocycles. The Morgan fingerprint density at radius 2 is 2.05 bits per heavy atom. The van der Waals surface area contributed by atoms with Crippen LogP contribution in [0.25, 0.3) is 0 Å². The molecule has 1 aliphatic rings. The lowest BCUT2D eigenvalue weighted by Gasteiger charge is -2.33. The maximum Gasteiger partial charge on any atom is 0.244 e. The fraction of sp³-hybridized carbons (Fsp3) is 0.500. The minimum atomic E-state index is -3.57. The van der Waals surface area contributed by atoms with Gasteiger partial charge in [-0.2, -0.15) is 4.31 Å². The highest BCUT2D eigenvalue weighted by atomic mass is 79.9. The van der Waals surface area contributed by atoms with E-state index in [1.54, 1.807) is 18.2 Å². The Labute approximate surface area is 130 Å². The summed E-state index contributed by atoms with van der Waals surface area (Å²) in [4.78, 5) is 0.246. The van der Waals surface area contributed by atoms with Gasteiger partial charge in [0.1, 0.15) is 0 Å². The van der Waals surface area contributed by atoms with Crippen LogP contribution in [0, 0.1) is 0 Å². The lowest BCUT2D eigenvalue weighted by molar-refractivity contribution is 0.155. The molecule has 1 heterocycles.